The van der Waals surface area contributed by atoms with Crippen molar-refractivity contribution >= 4 is 17.2 Å². The highest BCUT2D eigenvalue weighted by Crippen LogP contribution is 2.41. The van der Waals surface area contributed by atoms with Crippen LogP contribution in [0, 0.1) is 12.3 Å². The summed E-state index contributed by atoms with van der Waals surface area (Å²) in [5.41, 5.74) is 2.49. The third-order valence-electron chi connectivity index (χ3n) is 6.72. The van der Waals surface area contributed by atoms with Gasteiger partial charge in [0.05, 0.1) is 13.2 Å². The van der Waals surface area contributed by atoms with Gasteiger partial charge in [-0.1, -0.05) is 12.1 Å². The van der Waals surface area contributed by atoms with E-state index in [1.165, 1.54) is 16.9 Å². The largest absolute Gasteiger partial charge is 0.373 e. The highest BCUT2D eigenvalue weighted by molar-refractivity contribution is 7.09. The molecule has 1 unspecified atom stereocenters. The zero-order chi connectivity index (χ0) is 21.0. The van der Waals surface area contributed by atoms with Crippen LogP contribution in [-0.2, 0) is 16.7 Å². The number of aromatic nitrogens is 1. The lowest BCUT2D eigenvalue weighted by atomic mass is 9.82. The number of hydrogen-bond acceptors (Lipinski definition) is 6. The van der Waals surface area contributed by atoms with E-state index >= 15 is 0 Å². The Morgan fingerprint density at radius 2 is 2.20 bits per heavy atom. The first-order valence-corrected chi connectivity index (χ1v) is 11.9. The van der Waals surface area contributed by atoms with Crippen molar-refractivity contribution in [2.24, 2.45) is 10.4 Å². The van der Waals surface area contributed by atoms with Crippen molar-refractivity contribution < 1.29 is 4.74 Å². The maximum Gasteiger partial charge on any atom is 0.123 e. The maximum absolute atomic E-state index is 6.23. The van der Waals surface area contributed by atoms with Gasteiger partial charge in [-0.25, -0.2) is 0 Å². The molecule has 0 aromatic carbocycles. The Bertz CT molecular complexity index is 847. The molecule has 2 aromatic rings. The number of rotatable bonds is 9. The summed E-state index contributed by atoms with van der Waals surface area (Å²) in [6.45, 7) is 12.0. The van der Waals surface area contributed by atoms with E-state index < -0.39 is 0 Å². The van der Waals surface area contributed by atoms with Gasteiger partial charge in [-0.3, -0.25) is 14.9 Å². The summed E-state index contributed by atoms with van der Waals surface area (Å²) in [5.74, 6) is 1.00. The minimum absolute atomic E-state index is 0.0392. The number of likely N-dealkylation sites (tertiary alicyclic amines) is 1. The molecule has 0 saturated carbocycles. The quantitative estimate of drug-likeness (QED) is 0.658. The Hall–Kier alpha value is -1.76. The number of aliphatic imine (C=N–C) groups is 1. The second-order valence-electron chi connectivity index (χ2n) is 9.25. The predicted molar refractivity (Wildman–Crippen MR) is 124 cm³/mol. The van der Waals surface area contributed by atoms with Crippen molar-refractivity contribution in [2.75, 3.05) is 39.4 Å². The number of aryl methyl sites for hydroxylation is 2. The van der Waals surface area contributed by atoms with Gasteiger partial charge in [0, 0.05) is 40.8 Å². The van der Waals surface area contributed by atoms with Crippen LogP contribution >= 0.6 is 11.3 Å². The van der Waals surface area contributed by atoms with Gasteiger partial charge in [0.15, 0.2) is 0 Å². The number of nitrogens with zero attached hydrogens (tertiary/aromatic N) is 3. The minimum Gasteiger partial charge on any atom is -0.373 e. The van der Waals surface area contributed by atoms with E-state index in [1.54, 1.807) is 0 Å². The van der Waals surface area contributed by atoms with Crippen LogP contribution in [-0.4, -0.2) is 55.1 Å². The van der Waals surface area contributed by atoms with Crippen LogP contribution in [0.4, 0.5) is 0 Å². The molecule has 1 atom stereocenters. The number of hydrogen-bond donors (Lipinski definition) is 1. The fourth-order valence-corrected chi connectivity index (χ4v) is 5.28. The summed E-state index contributed by atoms with van der Waals surface area (Å²) in [4.78, 5) is 13.1. The lowest BCUT2D eigenvalue weighted by molar-refractivity contribution is 0.0488. The highest BCUT2D eigenvalue weighted by Gasteiger charge is 2.43. The smallest absolute Gasteiger partial charge is 0.123 e. The molecule has 0 bridgehead atoms. The first-order valence-electron chi connectivity index (χ1n) is 11.0. The molecule has 1 fully saturated rings. The van der Waals surface area contributed by atoms with Gasteiger partial charge in [0.25, 0.3) is 0 Å². The summed E-state index contributed by atoms with van der Waals surface area (Å²) in [7, 11) is 0. The van der Waals surface area contributed by atoms with Crippen LogP contribution in [0.2, 0.25) is 0 Å². The number of thiophene rings is 1. The van der Waals surface area contributed by atoms with Gasteiger partial charge in [-0.05, 0) is 69.7 Å². The zero-order valence-electron chi connectivity index (χ0n) is 18.5. The molecular weight excluding hydrogens is 392 g/mol. The minimum atomic E-state index is -0.0392. The van der Waals surface area contributed by atoms with Crippen molar-refractivity contribution in [2.45, 2.75) is 45.6 Å². The summed E-state index contributed by atoms with van der Waals surface area (Å²) in [6.07, 6.45) is 5.50. The standard InChI is InChI=1S/C24H34N4OS/c1-19-6-7-20(15-27-19)23(2,3)28-13-10-24(17-28,9-8-21-5-4-14-30-21)18-29-16-22-25-11-12-26-22/h4-7,14-15H,8-13,16-18H2,1-3H3,(H,25,26). The molecule has 30 heavy (non-hydrogen) atoms. The molecule has 1 saturated heterocycles. The molecule has 2 aromatic heterocycles. The second kappa shape index (κ2) is 9.16. The Balaban J connectivity index is 1.45. The van der Waals surface area contributed by atoms with Crippen molar-refractivity contribution in [3.8, 4) is 0 Å². The van der Waals surface area contributed by atoms with Gasteiger partial charge < -0.3 is 10.1 Å². The van der Waals surface area contributed by atoms with E-state index in [2.05, 4.69) is 63.7 Å². The van der Waals surface area contributed by atoms with Crippen molar-refractivity contribution in [3.05, 3.63) is 52.0 Å². The Morgan fingerprint density at radius 3 is 2.90 bits per heavy atom. The van der Waals surface area contributed by atoms with Crippen LogP contribution < -0.4 is 5.32 Å². The monoisotopic (exact) mass is 426 g/mol. The molecular formula is C24H34N4OS. The zero-order valence-corrected chi connectivity index (χ0v) is 19.3. The number of nitrogens with one attached hydrogen (secondary N) is 1. The van der Waals surface area contributed by atoms with Gasteiger partial charge in [0.2, 0.25) is 0 Å². The van der Waals surface area contributed by atoms with Crippen LogP contribution in [0.5, 0.6) is 0 Å². The van der Waals surface area contributed by atoms with Crippen LogP contribution in [0.25, 0.3) is 0 Å². The third-order valence-corrected chi connectivity index (χ3v) is 7.66. The average molecular weight is 427 g/mol. The van der Waals surface area contributed by atoms with E-state index in [9.17, 15) is 0 Å². The molecule has 0 aliphatic carbocycles. The van der Waals surface area contributed by atoms with Crippen LogP contribution in [0.1, 0.15) is 42.8 Å². The first kappa shape index (κ1) is 21.5. The van der Waals surface area contributed by atoms with E-state index in [-0.39, 0.29) is 11.0 Å². The lowest BCUT2D eigenvalue weighted by Gasteiger charge is -2.38. The predicted octanol–water partition coefficient (Wildman–Crippen LogP) is 4.03. The molecule has 0 amide bonds. The Labute approximate surface area is 184 Å². The molecule has 6 heteroatoms. The van der Waals surface area contributed by atoms with E-state index in [1.807, 2.05) is 24.5 Å². The SMILES string of the molecule is Cc1ccc(C(C)(C)N2CCC(CCc3cccs3)(COCC3=NCCN3)C2)cn1. The van der Waals surface area contributed by atoms with Gasteiger partial charge in [0.1, 0.15) is 12.4 Å². The highest BCUT2D eigenvalue weighted by atomic mass is 32.1. The maximum atomic E-state index is 6.23. The fraction of sp³-hybridized carbons (Fsp3) is 0.583. The van der Waals surface area contributed by atoms with Gasteiger partial charge in [-0.2, -0.15) is 0 Å². The van der Waals surface area contributed by atoms with Gasteiger partial charge >= 0.3 is 0 Å². The van der Waals surface area contributed by atoms with E-state index in [0.29, 0.717) is 6.61 Å². The summed E-state index contributed by atoms with van der Waals surface area (Å²) < 4.78 is 6.23. The molecule has 1 N–H and O–H groups in total. The summed E-state index contributed by atoms with van der Waals surface area (Å²) in [6, 6.07) is 8.76. The number of amidine groups is 1. The molecule has 4 rings (SSSR count). The van der Waals surface area contributed by atoms with Crippen molar-refractivity contribution in [1.82, 2.24) is 15.2 Å². The van der Waals surface area contributed by atoms with Crippen LogP contribution in [0.15, 0.2) is 40.8 Å². The van der Waals surface area contributed by atoms with Crippen molar-refractivity contribution in [1.29, 1.82) is 0 Å². The topological polar surface area (TPSA) is 49.8 Å². The van der Waals surface area contributed by atoms with Gasteiger partial charge in [-0.15, -0.1) is 11.3 Å². The molecule has 2 aliphatic rings. The lowest BCUT2D eigenvalue weighted by Crippen LogP contribution is -2.42. The average Bonchev–Trinajstić information content (AvgIpc) is 3.50. The fourth-order valence-electron chi connectivity index (χ4n) is 4.57. The van der Waals surface area contributed by atoms with E-state index in [0.717, 1.165) is 57.2 Å². The first-order chi connectivity index (χ1) is 14.5. The molecule has 162 valence electrons. The molecule has 0 spiro atoms. The summed E-state index contributed by atoms with van der Waals surface area (Å²) in [5, 5.41) is 5.49. The number of ether oxygens (including phenoxy) is 1. The van der Waals surface area contributed by atoms with Crippen molar-refractivity contribution in [3.63, 3.8) is 0 Å². The second-order valence-corrected chi connectivity index (χ2v) is 10.3. The molecule has 2 aliphatic heterocycles. The number of pyridine rings is 1. The van der Waals surface area contributed by atoms with E-state index in [4.69, 9.17) is 4.74 Å². The molecule has 5 nitrogen and oxygen atoms in total. The Morgan fingerprint density at radius 1 is 1.30 bits per heavy atom. The summed E-state index contributed by atoms with van der Waals surface area (Å²) >= 11 is 1.86. The Kier molecular flexibility index (Phi) is 6.56. The van der Waals surface area contributed by atoms with Crippen LogP contribution in [0.3, 0.4) is 0 Å². The third kappa shape index (κ3) is 4.93. The molecule has 4 heterocycles. The normalized spacial score (nSPS) is 22.3. The molecule has 0 radical (unpaired) electrons.